The number of ether oxygens (including phenoxy) is 2. The molecule has 22 nitrogen and oxygen atoms in total. The van der Waals surface area contributed by atoms with Gasteiger partial charge in [-0.2, -0.15) is 0 Å². The number of aromatic nitrogens is 8. The summed E-state index contributed by atoms with van der Waals surface area (Å²) < 4.78 is 77.6. The first-order chi connectivity index (χ1) is 38.3. The molecule has 422 valence electrons. The van der Waals surface area contributed by atoms with Crippen molar-refractivity contribution >= 4 is 11.9 Å². The number of carboxylic acid groups (broad SMARTS) is 2. The van der Waals surface area contributed by atoms with Gasteiger partial charge in [0.2, 0.25) is 0 Å². The summed E-state index contributed by atoms with van der Waals surface area (Å²) in [6, 6.07) is 58.7. The van der Waals surface area contributed by atoms with Gasteiger partial charge in [0.15, 0.2) is 0 Å². The quantitative estimate of drug-likeness (QED) is 0.168. The van der Waals surface area contributed by atoms with Crippen molar-refractivity contribution in [3.05, 3.63) is 255 Å². The second-order valence-corrected chi connectivity index (χ2v) is 16.0. The molecule has 8 aromatic heterocycles. The number of nitrogens with zero attached hydrogens (tertiary/aromatic N) is 8. The van der Waals surface area contributed by atoms with Crippen LogP contribution in [0.15, 0.2) is 244 Å². The number of hydrogen-bond acceptors (Lipinski definition) is 22. The number of rotatable bonds is 8. The molecule has 2 radical (unpaired) electrons. The first kappa shape index (κ1) is 71.5. The molecular weight excluding hydrogens is 1190 g/mol. The third-order valence-electron chi connectivity index (χ3n) is 8.98. The summed E-state index contributed by atoms with van der Waals surface area (Å²) in [5.74, 6) is -1.34. The molecular formula is C56H46Cl2Mn2N8O14. The molecule has 0 unspecified atom stereocenters. The molecule has 0 fully saturated rings. The van der Waals surface area contributed by atoms with Crippen molar-refractivity contribution < 1.29 is 121 Å². The van der Waals surface area contributed by atoms with Crippen LogP contribution in [0.4, 0.5) is 0 Å². The van der Waals surface area contributed by atoms with E-state index in [1.54, 1.807) is 73.8 Å². The fourth-order valence-corrected chi connectivity index (χ4v) is 5.61. The molecule has 0 bridgehead atoms. The van der Waals surface area contributed by atoms with E-state index in [-0.39, 0.29) is 45.3 Å². The maximum Gasteiger partial charge on any atom is 2.00 e. The van der Waals surface area contributed by atoms with Gasteiger partial charge in [0.1, 0.15) is 11.5 Å². The van der Waals surface area contributed by atoms with E-state index in [4.69, 9.17) is 46.7 Å². The van der Waals surface area contributed by atoms with Gasteiger partial charge >= 0.3 is 34.1 Å². The van der Waals surface area contributed by atoms with E-state index < -0.39 is 32.4 Å². The molecule has 0 saturated carbocycles. The second-order valence-electron chi connectivity index (χ2n) is 14.5. The second kappa shape index (κ2) is 40.6. The van der Waals surface area contributed by atoms with Gasteiger partial charge in [0.25, 0.3) is 0 Å². The summed E-state index contributed by atoms with van der Waals surface area (Å²) in [5, 5.41) is 20.6. The SMILES string of the molecule is COc1cccc(C(=O)[O-])c1.COc1cccc(C(=O)[O-])c1.[Mn+2].[Mn+2].[O-][Cl+3]([O-])([O-])[O-].[O-][Cl+3]([O-])([O-])[O-].c1ccc(-c2ccccn2)nc1.c1ccc(-c2ccccn2)nc1.c1ccc(-c2ccccn2)nc1.c1ccc(-c2ccccn2)nc1. The van der Waals surface area contributed by atoms with E-state index >= 15 is 0 Å². The van der Waals surface area contributed by atoms with Crippen LogP contribution < -0.4 is 57.0 Å². The zero-order valence-corrected chi connectivity index (χ0v) is 46.8. The van der Waals surface area contributed by atoms with Crippen LogP contribution >= 0.6 is 0 Å². The van der Waals surface area contributed by atoms with Crippen molar-refractivity contribution in [3.8, 4) is 57.1 Å². The number of aromatic carboxylic acids is 2. The van der Waals surface area contributed by atoms with Crippen LogP contribution in [0.1, 0.15) is 20.7 Å². The smallest absolute Gasteiger partial charge is 0.545 e. The van der Waals surface area contributed by atoms with Gasteiger partial charge in [-0.15, -0.1) is 20.5 Å². The molecule has 0 aliphatic rings. The van der Waals surface area contributed by atoms with Crippen molar-refractivity contribution in [1.29, 1.82) is 0 Å². The molecule has 0 spiro atoms. The number of carbonyl (C=O) groups is 2. The molecule has 0 N–H and O–H groups in total. The molecule has 26 heteroatoms. The van der Waals surface area contributed by atoms with Crippen LogP contribution in [0.2, 0.25) is 0 Å². The van der Waals surface area contributed by atoms with Gasteiger partial charge in [-0.25, -0.2) is 37.3 Å². The standard InChI is InChI=1S/4C10H8N2.2C8H8O3.2ClHO4.2Mn/c4*1-3-7-11-9(5-1)10-6-2-4-8-12-10;2*1-11-7-4-2-3-6(5-7)8(9)10;2*2-1(3,4)5;;/h4*1-8H;2*2-5H,1H3,(H,9,10);2*(H,2,3,4,5);;/q;;;;;;;;2*+2/p-4. The van der Waals surface area contributed by atoms with Crippen molar-refractivity contribution in [1.82, 2.24) is 39.9 Å². The van der Waals surface area contributed by atoms with Crippen molar-refractivity contribution in [2.75, 3.05) is 14.2 Å². The Morgan fingerprint density at radius 3 is 0.598 bits per heavy atom. The maximum atomic E-state index is 10.3. The Balaban J connectivity index is 0.000000474. The van der Waals surface area contributed by atoms with E-state index in [1.807, 2.05) is 146 Å². The maximum absolute atomic E-state index is 10.3. The number of halogens is 2. The Bertz CT molecular complexity index is 2710. The van der Waals surface area contributed by atoms with E-state index in [0.29, 0.717) is 11.5 Å². The van der Waals surface area contributed by atoms with Crippen molar-refractivity contribution in [3.63, 3.8) is 0 Å². The van der Waals surface area contributed by atoms with Crippen LogP contribution in [0.25, 0.3) is 45.6 Å². The van der Waals surface area contributed by atoms with E-state index in [1.165, 1.54) is 38.5 Å². The van der Waals surface area contributed by atoms with Crippen LogP contribution in [-0.4, -0.2) is 66.0 Å². The Morgan fingerprint density at radius 2 is 0.476 bits per heavy atom. The predicted octanol–water partition coefficient (Wildman–Crippen LogP) is -0.825. The normalized spacial score (nSPS) is 9.59. The average molecular weight is 1240 g/mol. The van der Waals surface area contributed by atoms with Gasteiger partial charge in [0.05, 0.1) is 71.7 Å². The number of benzene rings is 2. The van der Waals surface area contributed by atoms with Crippen LogP contribution in [0, 0.1) is 20.5 Å². The number of methoxy groups -OCH3 is 2. The molecule has 10 aromatic rings. The summed E-state index contributed by atoms with van der Waals surface area (Å²) in [5.41, 5.74) is 7.58. The third kappa shape index (κ3) is 33.2. The fraction of sp³-hybridized carbons (Fsp3) is 0.0357. The summed E-state index contributed by atoms with van der Waals surface area (Å²) in [6.45, 7) is 0. The summed E-state index contributed by atoms with van der Waals surface area (Å²) in [6.07, 6.45) is 14.1. The van der Waals surface area contributed by atoms with E-state index in [2.05, 4.69) is 39.9 Å². The topological polar surface area (TPSA) is 386 Å². The van der Waals surface area contributed by atoms with Crippen molar-refractivity contribution in [2.24, 2.45) is 0 Å². The van der Waals surface area contributed by atoms with E-state index in [0.717, 1.165) is 45.6 Å². The summed E-state index contributed by atoms with van der Waals surface area (Å²) >= 11 is 0. The molecule has 0 amide bonds. The molecule has 0 atom stereocenters. The summed E-state index contributed by atoms with van der Waals surface area (Å²) in [7, 11) is -6.93. The Kier molecular flexibility index (Phi) is 35.4. The third-order valence-corrected chi connectivity index (χ3v) is 8.98. The van der Waals surface area contributed by atoms with Crippen LogP contribution in [-0.2, 0) is 34.1 Å². The predicted molar refractivity (Wildman–Crippen MR) is 265 cm³/mol. The largest absolute Gasteiger partial charge is 2.00 e. The van der Waals surface area contributed by atoms with Gasteiger partial charge in [-0.05, 0) is 121 Å². The molecule has 10 rings (SSSR count). The van der Waals surface area contributed by atoms with Gasteiger partial charge in [0, 0.05) is 60.7 Å². The van der Waals surface area contributed by atoms with Crippen LogP contribution in [0.3, 0.4) is 0 Å². The monoisotopic (exact) mass is 1230 g/mol. The Labute approximate surface area is 496 Å². The number of carbonyl (C=O) groups excluding carboxylic acids is 2. The molecule has 0 saturated heterocycles. The summed E-state index contributed by atoms with van der Waals surface area (Å²) in [4.78, 5) is 54.1. The zero-order chi connectivity index (χ0) is 58.4. The van der Waals surface area contributed by atoms with Gasteiger partial charge in [-0.1, -0.05) is 72.8 Å². The number of hydrogen-bond donors (Lipinski definition) is 0. The molecule has 8 heterocycles. The minimum Gasteiger partial charge on any atom is -0.545 e. The van der Waals surface area contributed by atoms with E-state index in [9.17, 15) is 19.8 Å². The minimum atomic E-state index is -4.94. The first-order valence-electron chi connectivity index (χ1n) is 22.6. The fourth-order valence-electron chi connectivity index (χ4n) is 5.61. The number of pyridine rings is 8. The van der Waals surface area contributed by atoms with Crippen LogP contribution in [0.5, 0.6) is 11.5 Å². The van der Waals surface area contributed by atoms with Crippen molar-refractivity contribution in [2.45, 2.75) is 0 Å². The van der Waals surface area contributed by atoms with Gasteiger partial charge < -0.3 is 29.3 Å². The first-order valence-corrected chi connectivity index (χ1v) is 25.1. The molecule has 0 aliphatic heterocycles. The number of carboxylic acids is 2. The average Bonchev–Trinajstić information content (AvgIpc) is 3.49. The molecule has 82 heavy (non-hydrogen) atoms. The van der Waals surface area contributed by atoms with Gasteiger partial charge in [-0.3, -0.25) is 39.9 Å². The zero-order valence-electron chi connectivity index (χ0n) is 42.9. The molecule has 2 aromatic carbocycles. The molecule has 0 aliphatic carbocycles. The Morgan fingerprint density at radius 1 is 0.305 bits per heavy atom. The minimum absolute atomic E-state index is 0. The Hall–Kier alpha value is -8.52.